The van der Waals surface area contributed by atoms with Gasteiger partial charge in [0.15, 0.2) is 17.2 Å². The normalized spacial score (nSPS) is 11.3. The van der Waals surface area contributed by atoms with Gasteiger partial charge in [-0.15, -0.1) is 0 Å². The number of methoxy groups -OCH3 is 1. The summed E-state index contributed by atoms with van der Waals surface area (Å²) < 4.78 is 41.4. The molecule has 0 aliphatic heterocycles. The Morgan fingerprint density at radius 1 is 0.923 bits per heavy atom. The number of benzene rings is 4. The number of nitrogens with one attached hydrogen (secondary N) is 1. The molecule has 0 saturated carbocycles. The van der Waals surface area contributed by atoms with Crippen LogP contribution in [0.4, 0.5) is 0 Å². The van der Waals surface area contributed by atoms with E-state index in [9.17, 15) is 13.2 Å². The minimum absolute atomic E-state index is 0.0185. The van der Waals surface area contributed by atoms with Gasteiger partial charge in [0.1, 0.15) is 11.5 Å². The summed E-state index contributed by atoms with van der Waals surface area (Å²) in [7, 11) is -2.55. The van der Waals surface area contributed by atoms with Crippen LogP contribution in [0.2, 0.25) is 5.02 Å². The number of aryl methyl sites for hydroxylation is 1. The van der Waals surface area contributed by atoms with Crippen LogP contribution in [0.5, 0.6) is 17.2 Å². The standard InChI is InChI=1S/C29H25ClN2O6S/c1-20-8-12-24(13-9-20)39(34,35)38-26-14-10-22(16-25(26)30)18-31-32-29(33)23-11-15-27(28(17-23)36-2)37-19-21-6-4-3-5-7-21/h3-18H,19H2,1-2H3,(H,32,33)/b31-18+. The molecule has 0 fully saturated rings. The van der Waals surface area contributed by atoms with Gasteiger partial charge in [-0.2, -0.15) is 13.5 Å². The minimum Gasteiger partial charge on any atom is -0.493 e. The van der Waals surface area contributed by atoms with Crippen molar-refractivity contribution < 1.29 is 26.9 Å². The molecule has 10 heteroatoms. The first-order chi connectivity index (χ1) is 18.7. The van der Waals surface area contributed by atoms with E-state index in [-0.39, 0.29) is 15.7 Å². The van der Waals surface area contributed by atoms with Gasteiger partial charge in [0.05, 0.1) is 18.3 Å². The van der Waals surface area contributed by atoms with Gasteiger partial charge in [-0.05, 0) is 66.6 Å². The van der Waals surface area contributed by atoms with Gasteiger partial charge < -0.3 is 13.7 Å². The Balaban J connectivity index is 1.37. The van der Waals surface area contributed by atoms with E-state index in [1.54, 1.807) is 36.4 Å². The van der Waals surface area contributed by atoms with Gasteiger partial charge in [-0.3, -0.25) is 4.79 Å². The van der Waals surface area contributed by atoms with Gasteiger partial charge in [0, 0.05) is 5.56 Å². The van der Waals surface area contributed by atoms with Gasteiger partial charge in [0.2, 0.25) is 0 Å². The quantitative estimate of drug-likeness (QED) is 0.149. The van der Waals surface area contributed by atoms with Crippen molar-refractivity contribution in [2.75, 3.05) is 7.11 Å². The van der Waals surface area contributed by atoms with Crippen molar-refractivity contribution in [3.8, 4) is 17.2 Å². The Kier molecular flexibility index (Phi) is 8.85. The second-order valence-corrected chi connectivity index (χ2v) is 10.3. The molecule has 0 aliphatic carbocycles. The Labute approximate surface area is 231 Å². The maximum absolute atomic E-state index is 12.6. The third-order valence-electron chi connectivity index (χ3n) is 5.51. The van der Waals surface area contributed by atoms with Crippen LogP contribution in [0, 0.1) is 6.92 Å². The van der Waals surface area contributed by atoms with E-state index >= 15 is 0 Å². The second kappa shape index (κ2) is 12.5. The smallest absolute Gasteiger partial charge is 0.339 e. The molecule has 200 valence electrons. The Hall–Kier alpha value is -4.34. The third-order valence-corrected chi connectivity index (χ3v) is 7.05. The van der Waals surface area contributed by atoms with Crippen molar-refractivity contribution in [2.45, 2.75) is 18.4 Å². The lowest BCUT2D eigenvalue weighted by molar-refractivity contribution is 0.0954. The zero-order valence-electron chi connectivity index (χ0n) is 21.1. The summed E-state index contributed by atoms with van der Waals surface area (Å²) in [6, 6.07) is 25.2. The highest BCUT2D eigenvalue weighted by atomic mass is 35.5. The fourth-order valence-corrected chi connectivity index (χ4v) is 4.65. The van der Waals surface area contributed by atoms with Crippen LogP contribution < -0.4 is 19.1 Å². The average Bonchev–Trinajstić information content (AvgIpc) is 2.94. The predicted molar refractivity (Wildman–Crippen MR) is 149 cm³/mol. The van der Waals surface area contributed by atoms with Crippen LogP contribution in [0.25, 0.3) is 0 Å². The van der Waals surface area contributed by atoms with Crippen LogP contribution >= 0.6 is 11.6 Å². The van der Waals surface area contributed by atoms with Crippen molar-refractivity contribution in [3.05, 3.63) is 118 Å². The van der Waals surface area contributed by atoms with Crippen molar-refractivity contribution >= 4 is 33.8 Å². The van der Waals surface area contributed by atoms with E-state index in [4.69, 9.17) is 25.3 Å². The molecular formula is C29H25ClN2O6S. The Morgan fingerprint density at radius 3 is 2.33 bits per heavy atom. The highest BCUT2D eigenvalue weighted by Crippen LogP contribution is 2.30. The Morgan fingerprint density at radius 2 is 1.64 bits per heavy atom. The topological polar surface area (TPSA) is 103 Å². The predicted octanol–water partition coefficient (Wildman–Crippen LogP) is 5.77. The molecule has 8 nitrogen and oxygen atoms in total. The van der Waals surface area contributed by atoms with Crippen LogP contribution in [-0.4, -0.2) is 27.6 Å². The van der Waals surface area contributed by atoms with Gasteiger partial charge >= 0.3 is 10.1 Å². The lowest BCUT2D eigenvalue weighted by Crippen LogP contribution is -2.17. The van der Waals surface area contributed by atoms with Crippen LogP contribution in [0.15, 0.2) is 101 Å². The SMILES string of the molecule is COc1cc(C(=O)N/N=C/c2ccc(OS(=O)(=O)c3ccc(C)cc3)c(Cl)c2)ccc1OCc1ccccc1. The molecule has 0 heterocycles. The van der Waals surface area contributed by atoms with Gasteiger partial charge in [-0.1, -0.05) is 59.6 Å². The molecule has 0 radical (unpaired) electrons. The number of carbonyl (C=O) groups is 1. The summed E-state index contributed by atoms with van der Waals surface area (Å²) in [4.78, 5) is 12.6. The summed E-state index contributed by atoms with van der Waals surface area (Å²) in [5.41, 5.74) is 5.20. The molecule has 0 aliphatic rings. The molecule has 4 aromatic carbocycles. The molecule has 0 aromatic heterocycles. The second-order valence-electron chi connectivity index (χ2n) is 8.38. The van der Waals surface area contributed by atoms with E-state index in [2.05, 4.69) is 10.5 Å². The van der Waals surface area contributed by atoms with Crippen LogP contribution in [0.1, 0.15) is 27.0 Å². The maximum atomic E-state index is 12.6. The third kappa shape index (κ3) is 7.37. The highest BCUT2D eigenvalue weighted by Gasteiger charge is 2.18. The largest absolute Gasteiger partial charge is 0.493 e. The number of amides is 1. The molecule has 0 saturated heterocycles. The molecular weight excluding hydrogens is 540 g/mol. The lowest BCUT2D eigenvalue weighted by Gasteiger charge is -2.12. The van der Waals surface area contributed by atoms with Crippen molar-refractivity contribution in [2.24, 2.45) is 5.10 Å². The minimum atomic E-state index is -4.05. The zero-order valence-corrected chi connectivity index (χ0v) is 22.7. The van der Waals surface area contributed by atoms with Crippen molar-refractivity contribution in [1.29, 1.82) is 0 Å². The van der Waals surface area contributed by atoms with E-state index < -0.39 is 16.0 Å². The first-order valence-corrected chi connectivity index (χ1v) is 13.5. The molecule has 4 aromatic rings. The highest BCUT2D eigenvalue weighted by molar-refractivity contribution is 7.87. The van der Waals surface area contributed by atoms with E-state index in [1.807, 2.05) is 37.3 Å². The van der Waals surface area contributed by atoms with Gasteiger partial charge in [-0.25, -0.2) is 5.43 Å². The molecule has 0 bridgehead atoms. The number of carbonyl (C=O) groups excluding carboxylic acids is 1. The van der Waals surface area contributed by atoms with E-state index in [1.165, 1.54) is 37.6 Å². The number of nitrogens with zero attached hydrogens (tertiary/aromatic N) is 1. The first-order valence-electron chi connectivity index (χ1n) is 11.7. The van der Waals surface area contributed by atoms with Gasteiger partial charge in [0.25, 0.3) is 5.91 Å². The molecule has 0 unspecified atom stereocenters. The summed E-state index contributed by atoms with van der Waals surface area (Å²) >= 11 is 6.23. The summed E-state index contributed by atoms with van der Waals surface area (Å²) in [6.45, 7) is 2.21. The first kappa shape index (κ1) is 27.7. The van der Waals surface area contributed by atoms with E-state index in [0.29, 0.717) is 29.2 Å². The molecule has 0 spiro atoms. The number of rotatable bonds is 10. The number of halogens is 1. The molecule has 1 N–H and O–H groups in total. The zero-order chi connectivity index (χ0) is 27.8. The number of hydrazone groups is 1. The average molecular weight is 565 g/mol. The monoisotopic (exact) mass is 564 g/mol. The van der Waals surface area contributed by atoms with Crippen LogP contribution in [-0.2, 0) is 16.7 Å². The maximum Gasteiger partial charge on any atom is 0.339 e. The number of hydrogen-bond donors (Lipinski definition) is 1. The van der Waals surface area contributed by atoms with Crippen molar-refractivity contribution in [1.82, 2.24) is 5.43 Å². The van der Waals surface area contributed by atoms with Crippen LogP contribution in [0.3, 0.4) is 0 Å². The van der Waals surface area contributed by atoms with E-state index in [0.717, 1.165) is 11.1 Å². The molecule has 0 atom stereocenters. The Bertz CT molecular complexity index is 1590. The fourth-order valence-electron chi connectivity index (χ4n) is 3.43. The summed E-state index contributed by atoms with van der Waals surface area (Å²) in [5.74, 6) is 0.419. The summed E-state index contributed by atoms with van der Waals surface area (Å²) in [6.07, 6.45) is 1.37. The number of hydrogen-bond acceptors (Lipinski definition) is 7. The molecule has 39 heavy (non-hydrogen) atoms. The fraction of sp³-hybridized carbons (Fsp3) is 0.103. The van der Waals surface area contributed by atoms with Crippen molar-refractivity contribution in [3.63, 3.8) is 0 Å². The number of ether oxygens (including phenoxy) is 2. The molecule has 4 rings (SSSR count). The summed E-state index contributed by atoms with van der Waals surface area (Å²) in [5, 5.41) is 4.03. The molecule has 1 amide bonds. The lowest BCUT2D eigenvalue weighted by atomic mass is 10.2.